The second-order valence-electron chi connectivity index (χ2n) is 6.78. The van der Waals surface area contributed by atoms with Crippen LogP contribution in [0.15, 0.2) is 71.9 Å². The van der Waals surface area contributed by atoms with Crippen molar-refractivity contribution in [2.45, 2.75) is 18.0 Å². The van der Waals surface area contributed by atoms with Crippen LogP contribution in [0.5, 0.6) is 11.5 Å². The molecule has 0 radical (unpaired) electrons. The van der Waals surface area contributed by atoms with Gasteiger partial charge < -0.3 is 4.74 Å². The molecule has 5 nitrogen and oxygen atoms in total. The third kappa shape index (κ3) is 4.19. The Bertz CT molecular complexity index is 1270. The first kappa shape index (κ1) is 21.1. The summed E-state index contributed by atoms with van der Waals surface area (Å²) in [6.07, 6.45) is -0.880. The van der Waals surface area contributed by atoms with Gasteiger partial charge in [0.2, 0.25) is 0 Å². The zero-order valence-corrected chi connectivity index (χ0v) is 17.4. The van der Waals surface area contributed by atoms with Crippen LogP contribution in [0, 0.1) is 6.92 Å². The van der Waals surface area contributed by atoms with E-state index in [-0.39, 0.29) is 5.75 Å². The minimum absolute atomic E-state index is 0.252. The van der Waals surface area contributed by atoms with Crippen molar-refractivity contribution < 1.29 is 22.1 Å². The molecule has 1 N–H and O–H groups in total. The molecule has 160 valence electrons. The summed E-state index contributed by atoms with van der Waals surface area (Å²) in [6, 6.07) is 13.3. The fourth-order valence-electron chi connectivity index (χ4n) is 3.22. The van der Waals surface area contributed by atoms with Gasteiger partial charge in [0.05, 0.1) is 22.3 Å². The lowest BCUT2D eigenvalue weighted by Gasteiger charge is -2.14. The van der Waals surface area contributed by atoms with Gasteiger partial charge in [-0.15, -0.1) is 0 Å². The van der Waals surface area contributed by atoms with Gasteiger partial charge >= 0.3 is 6.18 Å². The number of nitrogens with one attached hydrogen (secondary N) is 1. The number of rotatable bonds is 5. The molecule has 0 bridgehead atoms. The van der Waals surface area contributed by atoms with E-state index in [1.807, 2.05) is 29.7 Å². The standard InChI is InChI=1S/C22H18F3N3O2S/c1-14-4-3-11-28-19(13-27-21(14)28)18-12-17(31(29)26-2)9-10-20(18)30-16-7-5-15(6-8-16)22(23,24)25/h3-13,26H,1-2H3. The van der Waals surface area contributed by atoms with Gasteiger partial charge in [-0.25, -0.2) is 13.9 Å². The molecule has 0 aliphatic carbocycles. The van der Waals surface area contributed by atoms with Crippen molar-refractivity contribution in [2.24, 2.45) is 0 Å². The fourth-order valence-corrected chi connectivity index (χ4v) is 3.87. The van der Waals surface area contributed by atoms with E-state index in [1.165, 1.54) is 12.1 Å². The Balaban J connectivity index is 1.81. The molecular formula is C22H18F3N3O2S. The molecular weight excluding hydrogens is 427 g/mol. The monoisotopic (exact) mass is 445 g/mol. The summed E-state index contributed by atoms with van der Waals surface area (Å²) in [6.45, 7) is 1.94. The normalized spacial score (nSPS) is 12.8. The molecule has 0 spiro atoms. The first-order chi connectivity index (χ1) is 14.8. The van der Waals surface area contributed by atoms with Gasteiger partial charge in [-0.3, -0.25) is 4.40 Å². The summed E-state index contributed by atoms with van der Waals surface area (Å²) in [5.41, 5.74) is 2.30. The number of fused-ring (bicyclic) bond motifs is 1. The van der Waals surface area contributed by atoms with Crippen molar-refractivity contribution >= 4 is 16.6 Å². The molecule has 1 atom stereocenters. The lowest BCUT2D eigenvalue weighted by molar-refractivity contribution is -0.137. The number of pyridine rings is 1. The predicted octanol–water partition coefficient (Wildman–Crippen LogP) is 5.36. The van der Waals surface area contributed by atoms with Crippen molar-refractivity contribution in [1.82, 2.24) is 14.1 Å². The molecule has 0 aliphatic heterocycles. The van der Waals surface area contributed by atoms with E-state index in [0.717, 1.165) is 23.3 Å². The number of imidazole rings is 1. The molecule has 0 saturated carbocycles. The van der Waals surface area contributed by atoms with Gasteiger partial charge in [0, 0.05) is 11.8 Å². The minimum Gasteiger partial charge on any atom is -0.457 e. The molecule has 2 aromatic carbocycles. The van der Waals surface area contributed by atoms with Gasteiger partial charge in [-0.1, -0.05) is 6.07 Å². The first-order valence-corrected chi connectivity index (χ1v) is 10.4. The Morgan fingerprint density at radius 3 is 2.52 bits per heavy atom. The summed E-state index contributed by atoms with van der Waals surface area (Å²) >= 11 is 0. The highest BCUT2D eigenvalue weighted by Crippen LogP contribution is 2.37. The van der Waals surface area contributed by atoms with Crippen LogP contribution in [0.2, 0.25) is 0 Å². The van der Waals surface area contributed by atoms with Gasteiger partial charge in [0.15, 0.2) is 0 Å². The van der Waals surface area contributed by atoms with Gasteiger partial charge in [-0.05, 0) is 68.1 Å². The van der Waals surface area contributed by atoms with Gasteiger partial charge in [-0.2, -0.15) is 13.2 Å². The van der Waals surface area contributed by atoms with Crippen LogP contribution in [0.3, 0.4) is 0 Å². The molecule has 4 aromatic rings. The number of benzene rings is 2. The zero-order valence-electron chi connectivity index (χ0n) is 16.6. The average Bonchev–Trinajstić information content (AvgIpc) is 3.18. The fraction of sp³-hybridized carbons (Fsp3) is 0.136. The molecule has 2 heterocycles. The predicted molar refractivity (Wildman–Crippen MR) is 112 cm³/mol. The lowest BCUT2D eigenvalue weighted by atomic mass is 10.1. The average molecular weight is 445 g/mol. The maximum absolute atomic E-state index is 12.8. The number of ether oxygens (including phenoxy) is 1. The maximum Gasteiger partial charge on any atom is 0.416 e. The summed E-state index contributed by atoms with van der Waals surface area (Å²) < 4.78 is 61.3. The first-order valence-electron chi connectivity index (χ1n) is 9.29. The number of nitrogens with zero attached hydrogens (tertiary/aromatic N) is 2. The van der Waals surface area contributed by atoms with Crippen molar-refractivity contribution in [3.63, 3.8) is 0 Å². The van der Waals surface area contributed by atoms with Gasteiger partial charge in [0.1, 0.15) is 28.1 Å². The van der Waals surface area contributed by atoms with Crippen molar-refractivity contribution in [2.75, 3.05) is 7.05 Å². The number of aryl methyl sites for hydroxylation is 1. The van der Waals surface area contributed by atoms with Crippen LogP contribution in [-0.4, -0.2) is 20.6 Å². The zero-order chi connectivity index (χ0) is 22.2. The van der Waals surface area contributed by atoms with Gasteiger partial charge in [0.25, 0.3) is 0 Å². The quantitative estimate of drug-likeness (QED) is 0.450. The highest BCUT2D eigenvalue weighted by molar-refractivity contribution is 7.83. The number of hydrogen-bond donors (Lipinski definition) is 1. The topological polar surface area (TPSA) is 55.6 Å². The Hall–Kier alpha value is -3.17. The summed E-state index contributed by atoms with van der Waals surface area (Å²) in [5.74, 6) is 0.654. The minimum atomic E-state index is -4.42. The van der Waals surface area contributed by atoms with E-state index in [1.54, 1.807) is 31.4 Å². The molecule has 0 aliphatic rings. The van der Waals surface area contributed by atoms with Crippen molar-refractivity contribution in [3.8, 4) is 22.8 Å². The number of hydrogen-bond acceptors (Lipinski definition) is 3. The van der Waals surface area contributed by atoms with Crippen molar-refractivity contribution in [3.05, 3.63) is 78.1 Å². The number of alkyl halides is 3. The molecule has 0 amide bonds. The molecule has 0 saturated heterocycles. The molecule has 31 heavy (non-hydrogen) atoms. The van der Waals surface area contributed by atoms with E-state index in [4.69, 9.17) is 4.74 Å². The second-order valence-corrected chi connectivity index (χ2v) is 8.20. The molecule has 1 unspecified atom stereocenters. The Morgan fingerprint density at radius 1 is 1.10 bits per heavy atom. The molecule has 9 heteroatoms. The van der Waals surface area contributed by atoms with E-state index < -0.39 is 22.7 Å². The van der Waals surface area contributed by atoms with Crippen molar-refractivity contribution in [1.29, 1.82) is 0 Å². The van der Waals surface area contributed by atoms with Crippen LogP contribution in [0.4, 0.5) is 13.2 Å². The molecule has 4 rings (SSSR count). The lowest BCUT2D eigenvalue weighted by Crippen LogP contribution is -2.10. The Labute approximate surface area is 179 Å². The van der Waals surface area contributed by atoms with E-state index in [9.17, 15) is 17.4 Å². The summed E-state index contributed by atoms with van der Waals surface area (Å²) in [7, 11) is 0.155. The highest BCUT2D eigenvalue weighted by atomic mass is 32.2. The molecule has 2 aromatic heterocycles. The Kier molecular flexibility index (Phi) is 5.55. The SMILES string of the molecule is CNS(=O)c1ccc(Oc2ccc(C(F)(F)F)cc2)c(-c2cnc3c(C)cccn23)c1. The van der Waals surface area contributed by atoms with E-state index >= 15 is 0 Å². The largest absolute Gasteiger partial charge is 0.457 e. The third-order valence-electron chi connectivity index (χ3n) is 4.77. The smallest absolute Gasteiger partial charge is 0.416 e. The van der Waals surface area contributed by atoms with Crippen LogP contribution in [0.25, 0.3) is 16.9 Å². The molecule has 0 fully saturated rings. The highest BCUT2D eigenvalue weighted by Gasteiger charge is 2.30. The number of aromatic nitrogens is 2. The van der Waals surface area contributed by atoms with E-state index in [2.05, 4.69) is 9.71 Å². The second kappa shape index (κ2) is 8.16. The Morgan fingerprint density at radius 2 is 1.84 bits per heavy atom. The van der Waals surface area contributed by atoms with E-state index in [0.29, 0.717) is 21.9 Å². The summed E-state index contributed by atoms with van der Waals surface area (Å²) in [4.78, 5) is 4.99. The summed E-state index contributed by atoms with van der Waals surface area (Å²) in [5, 5.41) is 0. The van der Waals surface area contributed by atoms with Crippen LogP contribution in [-0.2, 0) is 17.2 Å². The van der Waals surface area contributed by atoms with Crippen LogP contribution >= 0.6 is 0 Å². The third-order valence-corrected chi connectivity index (χ3v) is 5.82. The van der Waals surface area contributed by atoms with Crippen LogP contribution in [0.1, 0.15) is 11.1 Å². The number of halogens is 3. The van der Waals surface area contributed by atoms with Crippen LogP contribution < -0.4 is 9.46 Å². The maximum atomic E-state index is 12.8.